The Morgan fingerprint density at radius 2 is 1.78 bits per heavy atom. The molecule has 2 N–H and O–H groups in total. The van der Waals surface area contributed by atoms with Crippen molar-refractivity contribution in [2.75, 3.05) is 26.7 Å². The Bertz CT molecular complexity index is 617. The molecule has 0 aromatic heterocycles. The molecule has 0 unspecified atom stereocenters. The Labute approximate surface area is 161 Å². The van der Waals surface area contributed by atoms with Gasteiger partial charge in [0.25, 0.3) is 0 Å². The van der Waals surface area contributed by atoms with Crippen LogP contribution in [0.15, 0.2) is 24.3 Å². The van der Waals surface area contributed by atoms with E-state index >= 15 is 0 Å². The Kier molecular flexibility index (Phi) is 7.33. The van der Waals surface area contributed by atoms with Crippen LogP contribution < -0.4 is 15.4 Å². The van der Waals surface area contributed by atoms with Crippen LogP contribution in [-0.4, -0.2) is 55.4 Å². The summed E-state index contributed by atoms with van der Waals surface area (Å²) in [4.78, 5) is 25.8. The zero-order chi connectivity index (χ0) is 19.9. The number of hydrogen-bond acceptors (Lipinski definition) is 4. The molecule has 1 fully saturated rings. The standard InChI is InChI=1S/C20H31N3O4/c1-20(2,3)27-19(25)23-13-10-16(11-14-23)22-18(24)21-12-9-15-5-7-17(26-4)8-6-15/h5-8,16H,9-14H2,1-4H3,(H2,21,22,24). The van der Waals surface area contributed by atoms with Crippen LogP contribution in [0.3, 0.4) is 0 Å². The number of carbonyl (C=O) groups is 2. The van der Waals surface area contributed by atoms with Crippen molar-refractivity contribution in [1.82, 2.24) is 15.5 Å². The largest absolute Gasteiger partial charge is 0.497 e. The molecule has 0 bridgehead atoms. The van der Waals surface area contributed by atoms with Crippen LogP contribution in [0.5, 0.6) is 5.75 Å². The van der Waals surface area contributed by atoms with Crippen molar-refractivity contribution in [3.63, 3.8) is 0 Å². The zero-order valence-corrected chi connectivity index (χ0v) is 16.7. The molecule has 2 rings (SSSR count). The van der Waals surface area contributed by atoms with Gasteiger partial charge >= 0.3 is 12.1 Å². The Morgan fingerprint density at radius 3 is 2.33 bits per heavy atom. The third-order valence-electron chi connectivity index (χ3n) is 4.34. The van der Waals surface area contributed by atoms with Crippen molar-refractivity contribution >= 4 is 12.1 Å². The third-order valence-corrected chi connectivity index (χ3v) is 4.34. The maximum Gasteiger partial charge on any atom is 0.410 e. The van der Waals surface area contributed by atoms with E-state index < -0.39 is 5.60 Å². The van der Waals surface area contributed by atoms with Crippen LogP contribution in [0.4, 0.5) is 9.59 Å². The number of likely N-dealkylation sites (tertiary alicyclic amines) is 1. The SMILES string of the molecule is COc1ccc(CCNC(=O)NC2CCN(C(=O)OC(C)(C)C)CC2)cc1. The molecule has 1 aromatic carbocycles. The molecule has 7 nitrogen and oxygen atoms in total. The van der Waals surface area contributed by atoms with Gasteiger partial charge < -0.3 is 25.0 Å². The predicted octanol–water partition coefficient (Wildman–Crippen LogP) is 2.94. The highest BCUT2D eigenvalue weighted by Crippen LogP contribution is 2.15. The number of hydrogen-bond donors (Lipinski definition) is 2. The first kappa shape index (κ1) is 20.9. The quantitative estimate of drug-likeness (QED) is 0.827. The van der Waals surface area contributed by atoms with E-state index in [0.717, 1.165) is 30.6 Å². The topological polar surface area (TPSA) is 79.9 Å². The van der Waals surface area contributed by atoms with Crippen molar-refractivity contribution < 1.29 is 19.1 Å². The number of ether oxygens (including phenoxy) is 2. The molecule has 1 aliphatic heterocycles. The molecular formula is C20H31N3O4. The fraction of sp³-hybridized carbons (Fsp3) is 0.600. The molecule has 0 spiro atoms. The Balaban J connectivity index is 1.64. The predicted molar refractivity (Wildman–Crippen MR) is 104 cm³/mol. The second kappa shape index (κ2) is 9.48. The number of methoxy groups -OCH3 is 1. The second-order valence-corrected chi connectivity index (χ2v) is 7.74. The van der Waals surface area contributed by atoms with E-state index in [1.807, 2.05) is 45.0 Å². The monoisotopic (exact) mass is 377 g/mol. The van der Waals surface area contributed by atoms with Crippen LogP contribution in [0.2, 0.25) is 0 Å². The smallest absolute Gasteiger partial charge is 0.410 e. The summed E-state index contributed by atoms with van der Waals surface area (Å²) in [7, 11) is 1.64. The number of nitrogens with one attached hydrogen (secondary N) is 2. The van der Waals surface area contributed by atoms with Gasteiger partial charge in [-0.1, -0.05) is 12.1 Å². The molecular weight excluding hydrogens is 346 g/mol. The van der Waals surface area contributed by atoms with Gasteiger partial charge in [0.05, 0.1) is 7.11 Å². The van der Waals surface area contributed by atoms with E-state index in [1.54, 1.807) is 12.0 Å². The summed E-state index contributed by atoms with van der Waals surface area (Å²) in [6.07, 6.45) is 1.93. The van der Waals surface area contributed by atoms with Crippen molar-refractivity contribution in [1.29, 1.82) is 0 Å². The van der Waals surface area contributed by atoms with E-state index in [4.69, 9.17) is 9.47 Å². The average molecular weight is 377 g/mol. The first-order valence-electron chi connectivity index (χ1n) is 9.42. The lowest BCUT2D eigenvalue weighted by atomic mass is 10.1. The number of carbonyl (C=O) groups excluding carboxylic acids is 2. The average Bonchev–Trinajstić information content (AvgIpc) is 2.61. The maximum atomic E-state index is 12.1. The van der Waals surface area contributed by atoms with E-state index in [9.17, 15) is 9.59 Å². The fourth-order valence-corrected chi connectivity index (χ4v) is 2.88. The lowest BCUT2D eigenvalue weighted by Gasteiger charge is -2.33. The van der Waals surface area contributed by atoms with E-state index in [0.29, 0.717) is 19.6 Å². The lowest BCUT2D eigenvalue weighted by molar-refractivity contribution is 0.0201. The molecule has 0 saturated carbocycles. The lowest BCUT2D eigenvalue weighted by Crippen LogP contribution is -2.50. The van der Waals surface area contributed by atoms with Gasteiger partial charge in [0.2, 0.25) is 0 Å². The van der Waals surface area contributed by atoms with Crippen molar-refractivity contribution in [2.45, 2.75) is 51.7 Å². The second-order valence-electron chi connectivity index (χ2n) is 7.74. The van der Waals surface area contributed by atoms with Gasteiger partial charge in [-0.05, 0) is 57.7 Å². The minimum Gasteiger partial charge on any atom is -0.497 e. The first-order valence-corrected chi connectivity index (χ1v) is 9.42. The van der Waals surface area contributed by atoms with Crippen LogP contribution in [0.1, 0.15) is 39.2 Å². The highest BCUT2D eigenvalue weighted by molar-refractivity contribution is 5.74. The minimum atomic E-state index is -0.490. The summed E-state index contributed by atoms with van der Waals surface area (Å²) in [6, 6.07) is 7.71. The van der Waals surface area contributed by atoms with Crippen LogP contribution in [0.25, 0.3) is 0 Å². The van der Waals surface area contributed by atoms with E-state index in [2.05, 4.69) is 10.6 Å². The van der Waals surface area contributed by atoms with Gasteiger partial charge in [0.15, 0.2) is 0 Å². The van der Waals surface area contributed by atoms with Gasteiger partial charge in [-0.25, -0.2) is 9.59 Å². The van der Waals surface area contributed by atoms with Crippen molar-refractivity contribution in [3.05, 3.63) is 29.8 Å². The van der Waals surface area contributed by atoms with Gasteiger partial charge in [-0.2, -0.15) is 0 Å². The molecule has 0 radical (unpaired) electrons. The number of urea groups is 1. The van der Waals surface area contributed by atoms with Gasteiger partial charge in [-0.15, -0.1) is 0 Å². The van der Waals surface area contributed by atoms with Crippen molar-refractivity contribution in [3.8, 4) is 5.75 Å². The summed E-state index contributed by atoms with van der Waals surface area (Å²) in [5.41, 5.74) is 0.650. The van der Waals surface area contributed by atoms with Crippen molar-refractivity contribution in [2.24, 2.45) is 0 Å². The number of nitrogens with zero attached hydrogens (tertiary/aromatic N) is 1. The van der Waals surface area contributed by atoms with Crippen LogP contribution in [-0.2, 0) is 11.2 Å². The van der Waals surface area contributed by atoms with Gasteiger partial charge in [-0.3, -0.25) is 0 Å². The molecule has 27 heavy (non-hydrogen) atoms. The van der Waals surface area contributed by atoms with E-state index in [-0.39, 0.29) is 18.2 Å². The van der Waals surface area contributed by atoms with E-state index in [1.165, 1.54) is 0 Å². The zero-order valence-electron chi connectivity index (χ0n) is 16.7. The Hall–Kier alpha value is -2.44. The highest BCUT2D eigenvalue weighted by atomic mass is 16.6. The number of benzene rings is 1. The van der Waals surface area contributed by atoms with Gasteiger partial charge in [0, 0.05) is 25.7 Å². The summed E-state index contributed by atoms with van der Waals surface area (Å²) in [5.74, 6) is 0.821. The van der Waals surface area contributed by atoms with Gasteiger partial charge in [0.1, 0.15) is 11.4 Å². The summed E-state index contributed by atoms with van der Waals surface area (Å²) < 4.78 is 10.5. The molecule has 0 aliphatic carbocycles. The Morgan fingerprint density at radius 1 is 1.15 bits per heavy atom. The molecule has 1 aliphatic rings. The summed E-state index contributed by atoms with van der Waals surface area (Å²) in [5, 5.41) is 5.87. The molecule has 150 valence electrons. The molecule has 1 saturated heterocycles. The molecule has 0 atom stereocenters. The third kappa shape index (κ3) is 7.37. The van der Waals surface area contributed by atoms with Crippen LogP contribution in [0, 0.1) is 0 Å². The molecule has 1 aromatic rings. The highest BCUT2D eigenvalue weighted by Gasteiger charge is 2.27. The number of amides is 3. The number of piperidine rings is 1. The molecule has 3 amide bonds. The number of rotatable bonds is 5. The summed E-state index contributed by atoms with van der Waals surface area (Å²) in [6.45, 7) is 7.31. The maximum absolute atomic E-state index is 12.1. The first-order chi connectivity index (χ1) is 12.8. The van der Waals surface area contributed by atoms with Crippen LogP contribution >= 0.6 is 0 Å². The normalized spacial score (nSPS) is 15.2. The fourth-order valence-electron chi connectivity index (χ4n) is 2.88. The summed E-state index contributed by atoms with van der Waals surface area (Å²) >= 11 is 0. The molecule has 1 heterocycles. The minimum absolute atomic E-state index is 0.0738. The molecule has 7 heteroatoms.